The van der Waals surface area contributed by atoms with Crippen molar-refractivity contribution in [3.63, 3.8) is 0 Å². The number of hydrogen-bond acceptors (Lipinski definition) is 3. The molecule has 16 heavy (non-hydrogen) atoms. The minimum atomic E-state index is 0.251. The van der Waals surface area contributed by atoms with E-state index in [1.807, 2.05) is 12.1 Å². The Morgan fingerprint density at radius 2 is 2.06 bits per heavy atom. The van der Waals surface area contributed by atoms with Crippen molar-refractivity contribution in [2.75, 3.05) is 20.1 Å². The lowest BCUT2D eigenvalue weighted by Gasteiger charge is -2.34. The average Bonchev–Trinajstić information content (AvgIpc) is 2.79. The number of furan rings is 1. The zero-order valence-corrected chi connectivity index (χ0v) is 10.7. The SMILES string of the molecule is CCC(CC)(CN)CN(C)Cc1ccco1. The molecule has 1 heterocycles. The maximum atomic E-state index is 5.90. The van der Waals surface area contributed by atoms with Gasteiger partial charge in [0.25, 0.3) is 0 Å². The van der Waals surface area contributed by atoms with Gasteiger partial charge in [-0.2, -0.15) is 0 Å². The number of nitrogens with zero attached hydrogens (tertiary/aromatic N) is 1. The highest BCUT2D eigenvalue weighted by atomic mass is 16.3. The Morgan fingerprint density at radius 3 is 2.50 bits per heavy atom. The van der Waals surface area contributed by atoms with Gasteiger partial charge in [-0.05, 0) is 44.0 Å². The summed E-state index contributed by atoms with van der Waals surface area (Å²) in [6.07, 6.45) is 3.98. The van der Waals surface area contributed by atoms with Crippen LogP contribution < -0.4 is 5.73 Å². The highest BCUT2D eigenvalue weighted by Gasteiger charge is 2.26. The van der Waals surface area contributed by atoms with Gasteiger partial charge in [0.2, 0.25) is 0 Å². The number of rotatable bonds is 7. The van der Waals surface area contributed by atoms with E-state index in [0.29, 0.717) is 0 Å². The van der Waals surface area contributed by atoms with Crippen LogP contribution in [0.4, 0.5) is 0 Å². The molecule has 0 aliphatic rings. The first-order valence-electron chi connectivity index (χ1n) is 6.07. The summed E-state index contributed by atoms with van der Waals surface area (Å²) < 4.78 is 5.35. The van der Waals surface area contributed by atoms with Crippen molar-refractivity contribution in [1.82, 2.24) is 4.90 Å². The summed E-state index contributed by atoms with van der Waals surface area (Å²) in [5.74, 6) is 1.01. The summed E-state index contributed by atoms with van der Waals surface area (Å²) in [5.41, 5.74) is 6.15. The first-order valence-corrected chi connectivity index (χ1v) is 6.07. The molecule has 3 heteroatoms. The van der Waals surface area contributed by atoms with Crippen LogP contribution in [0, 0.1) is 5.41 Å². The topological polar surface area (TPSA) is 42.4 Å². The third kappa shape index (κ3) is 3.35. The van der Waals surface area contributed by atoms with Gasteiger partial charge < -0.3 is 10.2 Å². The molecule has 0 fully saturated rings. The Balaban J connectivity index is 2.51. The molecule has 0 saturated heterocycles. The molecule has 3 nitrogen and oxygen atoms in total. The Kier molecular flexibility index (Phi) is 5.03. The van der Waals surface area contributed by atoms with Crippen LogP contribution in [-0.2, 0) is 6.54 Å². The van der Waals surface area contributed by atoms with Crippen molar-refractivity contribution in [3.8, 4) is 0 Å². The van der Waals surface area contributed by atoms with Crippen LogP contribution in [0.3, 0.4) is 0 Å². The highest BCUT2D eigenvalue weighted by molar-refractivity contribution is 4.98. The van der Waals surface area contributed by atoms with Gasteiger partial charge in [-0.25, -0.2) is 0 Å². The van der Waals surface area contributed by atoms with Crippen LogP contribution >= 0.6 is 0 Å². The highest BCUT2D eigenvalue weighted by Crippen LogP contribution is 2.26. The molecule has 0 atom stereocenters. The van der Waals surface area contributed by atoms with Crippen molar-refractivity contribution in [2.45, 2.75) is 33.2 Å². The lowest BCUT2D eigenvalue weighted by Crippen LogP contribution is -2.40. The van der Waals surface area contributed by atoms with Gasteiger partial charge >= 0.3 is 0 Å². The predicted octanol–water partition coefficient (Wildman–Crippen LogP) is 2.48. The molecule has 0 bridgehead atoms. The second kappa shape index (κ2) is 6.06. The van der Waals surface area contributed by atoms with E-state index in [0.717, 1.165) is 38.2 Å². The van der Waals surface area contributed by atoms with E-state index in [1.54, 1.807) is 6.26 Å². The van der Waals surface area contributed by atoms with Gasteiger partial charge in [0.15, 0.2) is 0 Å². The average molecular weight is 224 g/mol. The molecule has 0 spiro atoms. The second-order valence-electron chi connectivity index (χ2n) is 4.66. The zero-order valence-electron chi connectivity index (χ0n) is 10.7. The molecule has 1 rings (SSSR count). The molecule has 2 N–H and O–H groups in total. The number of nitrogens with two attached hydrogens (primary N) is 1. The molecule has 92 valence electrons. The maximum absolute atomic E-state index is 5.90. The largest absolute Gasteiger partial charge is 0.468 e. The van der Waals surface area contributed by atoms with Crippen molar-refractivity contribution < 1.29 is 4.42 Å². The molecule has 1 aromatic rings. The smallest absolute Gasteiger partial charge is 0.117 e. The molecular formula is C13H24N2O. The van der Waals surface area contributed by atoms with Gasteiger partial charge in [0.05, 0.1) is 12.8 Å². The quantitative estimate of drug-likeness (QED) is 0.773. The fourth-order valence-corrected chi connectivity index (χ4v) is 2.12. The molecule has 0 radical (unpaired) electrons. The monoisotopic (exact) mass is 224 g/mol. The van der Waals surface area contributed by atoms with Gasteiger partial charge in [0.1, 0.15) is 5.76 Å². The minimum absolute atomic E-state index is 0.251. The summed E-state index contributed by atoms with van der Waals surface area (Å²) in [5, 5.41) is 0. The van der Waals surface area contributed by atoms with E-state index in [9.17, 15) is 0 Å². The Bertz CT molecular complexity index is 270. The summed E-state index contributed by atoms with van der Waals surface area (Å²) >= 11 is 0. The number of hydrogen-bond donors (Lipinski definition) is 1. The van der Waals surface area contributed by atoms with Crippen LogP contribution in [0.2, 0.25) is 0 Å². The third-order valence-corrected chi connectivity index (χ3v) is 3.54. The summed E-state index contributed by atoms with van der Waals surface area (Å²) in [7, 11) is 2.12. The van der Waals surface area contributed by atoms with Gasteiger partial charge in [-0.3, -0.25) is 4.90 Å². The van der Waals surface area contributed by atoms with Crippen LogP contribution in [0.25, 0.3) is 0 Å². The van der Waals surface area contributed by atoms with Crippen LogP contribution in [-0.4, -0.2) is 25.0 Å². The lowest BCUT2D eigenvalue weighted by molar-refractivity contribution is 0.155. The molecular weight excluding hydrogens is 200 g/mol. The fourth-order valence-electron chi connectivity index (χ4n) is 2.12. The van der Waals surface area contributed by atoms with E-state index in [4.69, 9.17) is 10.2 Å². The normalized spacial score (nSPS) is 12.3. The molecule has 0 aromatic carbocycles. The summed E-state index contributed by atoms with van der Waals surface area (Å²) in [4.78, 5) is 2.29. The fraction of sp³-hybridized carbons (Fsp3) is 0.692. The first-order chi connectivity index (χ1) is 7.65. The molecule has 0 aliphatic carbocycles. The minimum Gasteiger partial charge on any atom is -0.468 e. The van der Waals surface area contributed by atoms with Crippen LogP contribution in [0.15, 0.2) is 22.8 Å². The van der Waals surface area contributed by atoms with E-state index < -0.39 is 0 Å². The second-order valence-corrected chi connectivity index (χ2v) is 4.66. The van der Waals surface area contributed by atoms with Gasteiger partial charge in [0, 0.05) is 6.54 Å². The Labute approximate surface area is 98.6 Å². The summed E-state index contributed by atoms with van der Waals surface area (Å²) in [6, 6.07) is 3.94. The molecule has 0 unspecified atom stereocenters. The maximum Gasteiger partial charge on any atom is 0.117 e. The van der Waals surface area contributed by atoms with Crippen LogP contribution in [0.5, 0.6) is 0 Å². The van der Waals surface area contributed by atoms with Crippen molar-refractivity contribution >= 4 is 0 Å². The Hall–Kier alpha value is -0.800. The van der Waals surface area contributed by atoms with Crippen molar-refractivity contribution in [2.24, 2.45) is 11.1 Å². The molecule has 0 aliphatic heterocycles. The molecule has 0 saturated carbocycles. The van der Waals surface area contributed by atoms with E-state index in [1.165, 1.54) is 0 Å². The van der Waals surface area contributed by atoms with E-state index in [-0.39, 0.29) is 5.41 Å². The van der Waals surface area contributed by atoms with E-state index in [2.05, 4.69) is 25.8 Å². The summed E-state index contributed by atoms with van der Waals surface area (Å²) in [6.45, 7) is 7.07. The van der Waals surface area contributed by atoms with Crippen molar-refractivity contribution in [1.29, 1.82) is 0 Å². The standard InChI is InChI=1S/C13H24N2O/c1-4-13(5-2,10-14)11-15(3)9-12-7-6-8-16-12/h6-8H,4-5,9-11,14H2,1-3H3. The van der Waals surface area contributed by atoms with Gasteiger partial charge in [-0.15, -0.1) is 0 Å². The zero-order chi connectivity index (χ0) is 12.0. The van der Waals surface area contributed by atoms with Crippen LogP contribution in [0.1, 0.15) is 32.4 Å². The van der Waals surface area contributed by atoms with Gasteiger partial charge in [-0.1, -0.05) is 13.8 Å². The van der Waals surface area contributed by atoms with E-state index >= 15 is 0 Å². The third-order valence-electron chi connectivity index (χ3n) is 3.54. The predicted molar refractivity (Wildman–Crippen MR) is 67.1 cm³/mol. The Morgan fingerprint density at radius 1 is 1.38 bits per heavy atom. The first kappa shape index (κ1) is 13.3. The lowest BCUT2D eigenvalue weighted by atomic mass is 9.82. The molecule has 1 aromatic heterocycles. The molecule has 0 amide bonds. The van der Waals surface area contributed by atoms with Crippen molar-refractivity contribution in [3.05, 3.63) is 24.2 Å².